The van der Waals surface area contributed by atoms with Crippen LogP contribution in [0.1, 0.15) is 15.4 Å². The highest BCUT2D eigenvalue weighted by Gasteiger charge is 2.10. The smallest absolute Gasteiger partial charge is 0.335 e. The van der Waals surface area contributed by atoms with Crippen LogP contribution in [-0.4, -0.2) is 28.6 Å². The fourth-order valence-electron chi connectivity index (χ4n) is 1.58. The Kier molecular flexibility index (Phi) is 4.83. The second-order valence-electron chi connectivity index (χ2n) is 4.06. The molecule has 21 heavy (non-hydrogen) atoms. The Morgan fingerprint density at radius 1 is 1.38 bits per heavy atom. The van der Waals surface area contributed by atoms with Crippen molar-refractivity contribution in [2.45, 2.75) is 6.42 Å². The molecule has 1 aromatic carbocycles. The van der Waals surface area contributed by atoms with Crippen LogP contribution in [0.3, 0.4) is 0 Å². The largest absolute Gasteiger partial charge is 0.478 e. The van der Waals surface area contributed by atoms with Gasteiger partial charge in [0, 0.05) is 24.5 Å². The van der Waals surface area contributed by atoms with E-state index in [4.69, 9.17) is 5.11 Å². The van der Waals surface area contributed by atoms with E-state index in [2.05, 4.69) is 15.6 Å². The van der Waals surface area contributed by atoms with Gasteiger partial charge in [-0.1, -0.05) is 0 Å². The number of halogens is 1. The van der Waals surface area contributed by atoms with Gasteiger partial charge in [-0.15, -0.1) is 11.3 Å². The first-order valence-corrected chi connectivity index (χ1v) is 6.90. The molecule has 0 aliphatic heterocycles. The second-order valence-corrected chi connectivity index (χ2v) is 5.04. The fourth-order valence-corrected chi connectivity index (χ4v) is 2.20. The zero-order valence-corrected chi connectivity index (χ0v) is 11.6. The molecule has 6 nitrogen and oxygen atoms in total. The van der Waals surface area contributed by atoms with Crippen molar-refractivity contribution in [3.8, 4) is 0 Å². The molecule has 0 unspecified atom stereocenters. The predicted molar refractivity (Wildman–Crippen MR) is 76.2 cm³/mol. The minimum atomic E-state index is -1.19. The third-order valence-corrected chi connectivity index (χ3v) is 3.41. The summed E-state index contributed by atoms with van der Waals surface area (Å²) in [5.41, 5.74) is -0.281. The first kappa shape index (κ1) is 14.9. The molecule has 8 heteroatoms. The van der Waals surface area contributed by atoms with E-state index in [-0.39, 0.29) is 11.3 Å². The third kappa shape index (κ3) is 4.25. The molecule has 1 aromatic heterocycles. The maximum Gasteiger partial charge on any atom is 0.335 e. The first-order chi connectivity index (χ1) is 10.1. The number of hydrogen-bond donors (Lipinski definition) is 3. The molecule has 0 aliphatic rings. The van der Waals surface area contributed by atoms with Crippen LogP contribution in [0.5, 0.6) is 0 Å². The number of carboxylic acids is 1. The van der Waals surface area contributed by atoms with Gasteiger partial charge in [0.15, 0.2) is 0 Å². The second kappa shape index (κ2) is 6.80. The lowest BCUT2D eigenvalue weighted by Gasteiger charge is -2.08. The lowest BCUT2D eigenvalue weighted by molar-refractivity contribution is 0.0697. The molecule has 0 atom stereocenters. The first-order valence-electron chi connectivity index (χ1n) is 6.02. The molecule has 0 spiro atoms. The van der Waals surface area contributed by atoms with Gasteiger partial charge in [-0.2, -0.15) is 0 Å². The molecule has 0 aliphatic carbocycles. The number of carbonyl (C=O) groups is 2. The van der Waals surface area contributed by atoms with Crippen molar-refractivity contribution in [3.63, 3.8) is 0 Å². The monoisotopic (exact) mass is 309 g/mol. The van der Waals surface area contributed by atoms with Gasteiger partial charge in [-0.05, 0) is 18.2 Å². The normalized spacial score (nSPS) is 10.1. The summed E-state index contributed by atoms with van der Waals surface area (Å²) in [5.74, 6) is -1.89. The number of carbonyl (C=O) groups excluding carboxylic acids is 1. The Balaban J connectivity index is 1.90. The predicted octanol–water partition coefficient (Wildman–Crippen LogP) is 2.34. The summed E-state index contributed by atoms with van der Waals surface area (Å²) in [6, 6.07) is 2.59. The number of hydrogen-bond acceptors (Lipinski definition) is 4. The van der Waals surface area contributed by atoms with E-state index < -0.39 is 17.8 Å². The van der Waals surface area contributed by atoms with Gasteiger partial charge in [-0.3, -0.25) is 0 Å². The van der Waals surface area contributed by atoms with Crippen molar-refractivity contribution in [1.82, 2.24) is 10.3 Å². The SMILES string of the molecule is O=C(NCCc1nccs1)Nc1cc(C(=O)O)ccc1F. The molecule has 2 amide bonds. The van der Waals surface area contributed by atoms with Crippen LogP contribution in [0.2, 0.25) is 0 Å². The maximum absolute atomic E-state index is 13.5. The van der Waals surface area contributed by atoms with Crippen LogP contribution in [0.15, 0.2) is 29.8 Å². The van der Waals surface area contributed by atoms with Crippen LogP contribution in [-0.2, 0) is 6.42 Å². The maximum atomic E-state index is 13.5. The number of nitrogens with zero attached hydrogens (tertiary/aromatic N) is 1. The van der Waals surface area contributed by atoms with Crippen molar-refractivity contribution in [2.75, 3.05) is 11.9 Å². The Morgan fingerprint density at radius 2 is 2.19 bits per heavy atom. The summed E-state index contributed by atoms with van der Waals surface area (Å²) in [6.07, 6.45) is 2.25. The number of urea groups is 1. The van der Waals surface area contributed by atoms with E-state index in [0.717, 1.165) is 23.2 Å². The van der Waals surface area contributed by atoms with Gasteiger partial charge in [0.05, 0.1) is 16.3 Å². The Bertz CT molecular complexity index is 646. The summed E-state index contributed by atoms with van der Waals surface area (Å²) in [4.78, 5) is 26.5. The number of carboxylic acid groups (broad SMARTS) is 1. The standard InChI is InChI=1S/C13H12FN3O3S/c14-9-2-1-8(12(18)19)7-10(9)17-13(20)16-4-3-11-15-5-6-21-11/h1-2,5-7H,3-4H2,(H,18,19)(H2,16,17,20). The van der Waals surface area contributed by atoms with Gasteiger partial charge >= 0.3 is 12.0 Å². The van der Waals surface area contributed by atoms with Crippen molar-refractivity contribution < 1.29 is 19.1 Å². The van der Waals surface area contributed by atoms with Crippen molar-refractivity contribution in [3.05, 3.63) is 46.2 Å². The zero-order chi connectivity index (χ0) is 15.2. The number of nitrogens with one attached hydrogen (secondary N) is 2. The number of amides is 2. The highest BCUT2D eigenvalue weighted by molar-refractivity contribution is 7.09. The van der Waals surface area contributed by atoms with Gasteiger partial charge < -0.3 is 15.7 Å². The van der Waals surface area contributed by atoms with Gasteiger partial charge in [0.1, 0.15) is 5.82 Å². The van der Waals surface area contributed by atoms with E-state index in [0.29, 0.717) is 13.0 Å². The number of rotatable bonds is 5. The Hall–Kier alpha value is -2.48. The minimum absolute atomic E-state index is 0.102. The Morgan fingerprint density at radius 3 is 2.86 bits per heavy atom. The molecule has 2 rings (SSSR count). The fraction of sp³-hybridized carbons (Fsp3) is 0.154. The highest BCUT2D eigenvalue weighted by atomic mass is 32.1. The number of aromatic nitrogens is 1. The van der Waals surface area contributed by atoms with Gasteiger partial charge in [-0.25, -0.2) is 19.0 Å². The molecule has 0 radical (unpaired) electrons. The molecular formula is C13H12FN3O3S. The van der Waals surface area contributed by atoms with Crippen molar-refractivity contribution in [1.29, 1.82) is 0 Å². The topological polar surface area (TPSA) is 91.3 Å². The van der Waals surface area contributed by atoms with Gasteiger partial charge in [0.2, 0.25) is 0 Å². The molecule has 0 bridgehead atoms. The molecular weight excluding hydrogens is 297 g/mol. The van der Waals surface area contributed by atoms with E-state index in [1.54, 1.807) is 6.20 Å². The molecule has 0 saturated heterocycles. The zero-order valence-electron chi connectivity index (χ0n) is 10.8. The lowest BCUT2D eigenvalue weighted by atomic mass is 10.2. The molecule has 0 saturated carbocycles. The summed E-state index contributed by atoms with van der Waals surface area (Å²) in [6.45, 7) is 0.347. The average molecular weight is 309 g/mol. The van der Waals surface area contributed by atoms with Crippen LogP contribution in [0, 0.1) is 5.82 Å². The molecule has 1 heterocycles. The van der Waals surface area contributed by atoms with Crippen molar-refractivity contribution >= 4 is 29.0 Å². The number of benzene rings is 1. The Labute approximate surface area is 123 Å². The van der Waals surface area contributed by atoms with E-state index in [1.807, 2.05) is 5.38 Å². The average Bonchev–Trinajstić information content (AvgIpc) is 2.94. The molecule has 2 aromatic rings. The molecule has 3 N–H and O–H groups in total. The quantitative estimate of drug-likeness (QED) is 0.790. The number of anilines is 1. The number of thiazole rings is 1. The third-order valence-electron chi connectivity index (χ3n) is 2.57. The van der Waals surface area contributed by atoms with Crippen LogP contribution < -0.4 is 10.6 Å². The highest BCUT2D eigenvalue weighted by Crippen LogP contribution is 2.16. The van der Waals surface area contributed by atoms with Crippen LogP contribution in [0.25, 0.3) is 0 Å². The van der Waals surface area contributed by atoms with E-state index >= 15 is 0 Å². The molecule has 110 valence electrons. The van der Waals surface area contributed by atoms with E-state index in [1.165, 1.54) is 11.3 Å². The van der Waals surface area contributed by atoms with Crippen molar-refractivity contribution in [2.24, 2.45) is 0 Å². The van der Waals surface area contributed by atoms with Crippen LogP contribution >= 0.6 is 11.3 Å². The minimum Gasteiger partial charge on any atom is -0.478 e. The summed E-state index contributed by atoms with van der Waals surface area (Å²) >= 11 is 1.48. The molecule has 0 fully saturated rings. The summed E-state index contributed by atoms with van der Waals surface area (Å²) < 4.78 is 13.5. The van der Waals surface area contributed by atoms with Crippen LogP contribution in [0.4, 0.5) is 14.9 Å². The number of aromatic carboxylic acids is 1. The van der Waals surface area contributed by atoms with Gasteiger partial charge in [0.25, 0.3) is 0 Å². The lowest BCUT2D eigenvalue weighted by Crippen LogP contribution is -2.30. The summed E-state index contributed by atoms with van der Waals surface area (Å²) in [7, 11) is 0. The summed E-state index contributed by atoms with van der Waals surface area (Å²) in [5, 5.41) is 16.4. The van der Waals surface area contributed by atoms with E-state index in [9.17, 15) is 14.0 Å².